The van der Waals surface area contributed by atoms with Crippen molar-refractivity contribution < 1.29 is 9.15 Å². The fraction of sp³-hybridized carbons (Fsp3) is 0.765. The van der Waals surface area contributed by atoms with Crippen molar-refractivity contribution >= 4 is 29.9 Å². The highest BCUT2D eigenvalue weighted by Crippen LogP contribution is 2.22. The lowest BCUT2D eigenvalue weighted by atomic mass is 9.94. The molecule has 0 amide bonds. The molecule has 24 heavy (non-hydrogen) atoms. The Morgan fingerprint density at radius 2 is 2.25 bits per heavy atom. The topological polar surface area (TPSA) is 62.9 Å². The van der Waals surface area contributed by atoms with Gasteiger partial charge < -0.3 is 19.4 Å². The molecule has 0 bridgehead atoms. The van der Waals surface area contributed by atoms with E-state index in [1.165, 1.54) is 0 Å². The van der Waals surface area contributed by atoms with Crippen LogP contribution in [0.4, 0.5) is 0 Å². The number of aromatic nitrogens is 1. The van der Waals surface area contributed by atoms with Crippen LogP contribution >= 0.6 is 24.0 Å². The van der Waals surface area contributed by atoms with Crippen LogP contribution in [-0.4, -0.2) is 49.2 Å². The Bertz CT molecular complexity index is 525. The molecule has 0 aromatic carbocycles. The summed E-state index contributed by atoms with van der Waals surface area (Å²) in [6.07, 6.45) is 2.96. The van der Waals surface area contributed by atoms with Gasteiger partial charge in [0.25, 0.3) is 0 Å². The van der Waals surface area contributed by atoms with E-state index in [2.05, 4.69) is 41.0 Å². The van der Waals surface area contributed by atoms with E-state index >= 15 is 0 Å². The van der Waals surface area contributed by atoms with E-state index in [0.717, 1.165) is 44.4 Å². The first-order valence-electron chi connectivity index (χ1n) is 8.42. The van der Waals surface area contributed by atoms with Crippen molar-refractivity contribution in [3.63, 3.8) is 0 Å². The summed E-state index contributed by atoms with van der Waals surface area (Å²) in [5.41, 5.74) is -0.0195. The molecule has 1 aliphatic heterocycles. The van der Waals surface area contributed by atoms with E-state index in [1.54, 1.807) is 0 Å². The molecule has 1 fully saturated rings. The first-order valence-corrected chi connectivity index (χ1v) is 8.42. The third-order valence-corrected chi connectivity index (χ3v) is 4.05. The van der Waals surface area contributed by atoms with Crippen LogP contribution in [-0.2, 0) is 16.7 Å². The predicted octanol–water partition coefficient (Wildman–Crippen LogP) is 3.02. The number of likely N-dealkylation sites (tertiary alicyclic amines) is 1. The van der Waals surface area contributed by atoms with Crippen LogP contribution in [0.2, 0.25) is 0 Å². The lowest BCUT2D eigenvalue weighted by Gasteiger charge is -2.21. The van der Waals surface area contributed by atoms with Gasteiger partial charge in [-0.15, -0.1) is 24.0 Å². The molecule has 1 unspecified atom stereocenters. The van der Waals surface area contributed by atoms with Crippen LogP contribution in [0.5, 0.6) is 0 Å². The Morgan fingerprint density at radius 3 is 2.83 bits per heavy atom. The maximum absolute atomic E-state index is 5.81. The minimum atomic E-state index is -0.0195. The largest absolute Gasteiger partial charge is 0.443 e. The van der Waals surface area contributed by atoms with Gasteiger partial charge in [0, 0.05) is 38.1 Å². The quantitative estimate of drug-likeness (QED) is 0.425. The van der Waals surface area contributed by atoms with Crippen molar-refractivity contribution in [2.75, 3.05) is 33.4 Å². The van der Waals surface area contributed by atoms with E-state index in [1.807, 2.05) is 20.2 Å². The average molecular weight is 450 g/mol. The third kappa shape index (κ3) is 5.91. The van der Waals surface area contributed by atoms with E-state index in [-0.39, 0.29) is 29.4 Å². The number of aliphatic imine (C=N–C) groups is 1. The summed E-state index contributed by atoms with van der Waals surface area (Å²) in [4.78, 5) is 11.0. The van der Waals surface area contributed by atoms with Gasteiger partial charge in [0.2, 0.25) is 5.89 Å². The zero-order valence-corrected chi connectivity index (χ0v) is 17.8. The van der Waals surface area contributed by atoms with Gasteiger partial charge in [0.1, 0.15) is 5.76 Å². The lowest BCUT2D eigenvalue weighted by Crippen LogP contribution is -2.39. The predicted molar refractivity (Wildman–Crippen MR) is 107 cm³/mol. The van der Waals surface area contributed by atoms with Gasteiger partial charge in [-0.05, 0) is 13.3 Å². The van der Waals surface area contributed by atoms with Crippen LogP contribution in [0.1, 0.15) is 45.8 Å². The standard InChI is InChI=1S/C17H30N4O2.HI/c1-6-22-12-13-7-8-21(11-13)16(18-5)20-10-15-19-9-14(23-15)17(2,3)4;/h9,13H,6-8,10-12H2,1-5H3,(H,18,20);1H. The lowest BCUT2D eigenvalue weighted by molar-refractivity contribution is 0.114. The number of ether oxygens (including phenoxy) is 1. The summed E-state index contributed by atoms with van der Waals surface area (Å²) in [5, 5.41) is 3.35. The molecule has 1 aliphatic rings. The number of guanidine groups is 1. The Labute approximate surface area is 162 Å². The summed E-state index contributed by atoms with van der Waals surface area (Å²) in [7, 11) is 1.81. The van der Waals surface area contributed by atoms with Crippen molar-refractivity contribution in [1.82, 2.24) is 15.2 Å². The zero-order chi connectivity index (χ0) is 16.9. The summed E-state index contributed by atoms with van der Waals surface area (Å²) < 4.78 is 11.3. The van der Waals surface area contributed by atoms with Crippen LogP contribution in [0.25, 0.3) is 0 Å². The van der Waals surface area contributed by atoms with E-state index in [0.29, 0.717) is 18.4 Å². The summed E-state index contributed by atoms with van der Waals surface area (Å²) in [6.45, 7) is 12.5. The highest BCUT2D eigenvalue weighted by molar-refractivity contribution is 14.0. The molecule has 1 atom stereocenters. The normalized spacial score (nSPS) is 18.6. The zero-order valence-electron chi connectivity index (χ0n) is 15.5. The number of oxazole rings is 1. The first-order chi connectivity index (χ1) is 10.9. The van der Waals surface area contributed by atoms with Gasteiger partial charge in [0.15, 0.2) is 5.96 Å². The Hall–Kier alpha value is -0.830. The molecule has 1 aromatic rings. The smallest absolute Gasteiger partial charge is 0.213 e. The minimum Gasteiger partial charge on any atom is -0.443 e. The van der Waals surface area contributed by atoms with Gasteiger partial charge in [-0.3, -0.25) is 4.99 Å². The van der Waals surface area contributed by atoms with Crippen molar-refractivity contribution in [1.29, 1.82) is 0 Å². The number of nitrogens with one attached hydrogen (secondary N) is 1. The van der Waals surface area contributed by atoms with Crippen molar-refractivity contribution in [3.8, 4) is 0 Å². The van der Waals surface area contributed by atoms with Gasteiger partial charge in [-0.1, -0.05) is 20.8 Å². The molecule has 0 aliphatic carbocycles. The molecule has 0 radical (unpaired) electrons. The highest BCUT2D eigenvalue weighted by atomic mass is 127. The Kier molecular flexibility index (Phi) is 8.49. The van der Waals surface area contributed by atoms with Crippen molar-refractivity contribution in [2.24, 2.45) is 10.9 Å². The molecule has 2 rings (SSSR count). The second kappa shape index (κ2) is 9.60. The van der Waals surface area contributed by atoms with Crippen LogP contribution in [0.3, 0.4) is 0 Å². The highest BCUT2D eigenvalue weighted by Gasteiger charge is 2.25. The number of halogens is 1. The summed E-state index contributed by atoms with van der Waals surface area (Å²) in [5.74, 6) is 3.09. The fourth-order valence-electron chi connectivity index (χ4n) is 2.67. The third-order valence-electron chi connectivity index (χ3n) is 4.05. The molecular weight excluding hydrogens is 419 g/mol. The maximum atomic E-state index is 5.81. The van der Waals surface area contributed by atoms with Crippen LogP contribution in [0, 0.1) is 5.92 Å². The van der Waals surface area contributed by atoms with Gasteiger partial charge in [0.05, 0.1) is 19.3 Å². The summed E-state index contributed by atoms with van der Waals surface area (Å²) >= 11 is 0. The van der Waals surface area contributed by atoms with Crippen LogP contribution in [0.15, 0.2) is 15.6 Å². The summed E-state index contributed by atoms with van der Waals surface area (Å²) in [6, 6.07) is 0. The molecule has 7 heteroatoms. The number of hydrogen-bond acceptors (Lipinski definition) is 4. The van der Waals surface area contributed by atoms with Crippen molar-refractivity contribution in [2.45, 2.75) is 46.1 Å². The SMILES string of the molecule is CCOCC1CCN(C(=NC)NCc2ncc(C(C)(C)C)o2)C1.I. The molecule has 1 saturated heterocycles. The fourth-order valence-corrected chi connectivity index (χ4v) is 2.67. The van der Waals surface area contributed by atoms with Crippen molar-refractivity contribution in [3.05, 3.63) is 17.8 Å². The molecular formula is C17H31IN4O2. The molecule has 2 heterocycles. The average Bonchev–Trinajstić information content (AvgIpc) is 3.14. The monoisotopic (exact) mass is 450 g/mol. The van der Waals surface area contributed by atoms with E-state index < -0.39 is 0 Å². The number of rotatable bonds is 5. The maximum Gasteiger partial charge on any atom is 0.213 e. The van der Waals surface area contributed by atoms with Gasteiger partial charge in [-0.25, -0.2) is 4.98 Å². The molecule has 1 aromatic heterocycles. The molecule has 0 spiro atoms. The number of nitrogens with zero attached hydrogens (tertiary/aromatic N) is 3. The Balaban J connectivity index is 0.00000288. The van der Waals surface area contributed by atoms with Gasteiger partial charge in [-0.2, -0.15) is 0 Å². The van der Waals surface area contributed by atoms with Gasteiger partial charge >= 0.3 is 0 Å². The number of hydrogen-bond donors (Lipinski definition) is 1. The second-order valence-electron chi connectivity index (χ2n) is 7.03. The molecule has 6 nitrogen and oxygen atoms in total. The Morgan fingerprint density at radius 1 is 1.50 bits per heavy atom. The second-order valence-corrected chi connectivity index (χ2v) is 7.03. The first kappa shape index (κ1) is 21.2. The molecule has 138 valence electrons. The molecule has 1 N–H and O–H groups in total. The minimum absolute atomic E-state index is 0. The van der Waals surface area contributed by atoms with E-state index in [4.69, 9.17) is 9.15 Å². The van der Waals surface area contributed by atoms with E-state index in [9.17, 15) is 0 Å². The van der Waals surface area contributed by atoms with Crippen LogP contribution < -0.4 is 5.32 Å². The molecule has 0 saturated carbocycles.